The van der Waals surface area contributed by atoms with E-state index in [1.807, 2.05) is 13.2 Å². The van der Waals surface area contributed by atoms with Crippen molar-refractivity contribution in [3.63, 3.8) is 0 Å². The van der Waals surface area contributed by atoms with Crippen LogP contribution < -0.4 is 10.2 Å². The Morgan fingerprint density at radius 2 is 1.95 bits per heavy atom. The molecule has 0 saturated heterocycles. The van der Waals surface area contributed by atoms with Crippen molar-refractivity contribution in [1.82, 2.24) is 10.3 Å². The second kappa shape index (κ2) is 5.85. The van der Waals surface area contributed by atoms with Crippen LogP contribution in [-0.4, -0.2) is 19.1 Å². The van der Waals surface area contributed by atoms with Gasteiger partial charge in [0.25, 0.3) is 0 Å². The van der Waals surface area contributed by atoms with E-state index in [9.17, 15) is 0 Å². The van der Waals surface area contributed by atoms with Gasteiger partial charge in [0.1, 0.15) is 5.82 Å². The lowest BCUT2D eigenvalue weighted by molar-refractivity contribution is 0.651. The molecule has 1 N–H and O–H groups in total. The summed E-state index contributed by atoms with van der Waals surface area (Å²) in [5, 5.41) is 3.25. The van der Waals surface area contributed by atoms with Gasteiger partial charge in [-0.05, 0) is 50.2 Å². The molecule has 0 radical (unpaired) electrons. The van der Waals surface area contributed by atoms with E-state index in [0.717, 1.165) is 5.82 Å². The van der Waals surface area contributed by atoms with Crippen LogP contribution in [0.3, 0.4) is 0 Å². The van der Waals surface area contributed by atoms with E-state index in [-0.39, 0.29) is 0 Å². The van der Waals surface area contributed by atoms with Crippen molar-refractivity contribution in [2.24, 2.45) is 0 Å². The van der Waals surface area contributed by atoms with Gasteiger partial charge in [0, 0.05) is 25.0 Å². The number of nitrogens with zero attached hydrogens (tertiary/aromatic N) is 2. The first-order valence-corrected chi connectivity index (χ1v) is 6.56. The summed E-state index contributed by atoms with van der Waals surface area (Å²) in [6.07, 6.45) is 1.87. The molecule has 0 amide bonds. The number of hydrogen-bond donors (Lipinski definition) is 1. The Morgan fingerprint density at radius 1 is 1.21 bits per heavy atom. The van der Waals surface area contributed by atoms with Crippen LogP contribution in [0.2, 0.25) is 0 Å². The molecule has 19 heavy (non-hydrogen) atoms. The van der Waals surface area contributed by atoms with Crippen molar-refractivity contribution in [3.8, 4) is 0 Å². The Kier molecular flexibility index (Phi) is 4.17. The van der Waals surface area contributed by atoms with Gasteiger partial charge < -0.3 is 10.2 Å². The SMILES string of the molecule is CNC(C)c1ccnc(N(C)c2ccccc2C)c1. The van der Waals surface area contributed by atoms with Gasteiger partial charge in [-0.3, -0.25) is 0 Å². The zero-order chi connectivity index (χ0) is 13.8. The standard InChI is InChI=1S/C16H21N3/c1-12-7-5-6-8-15(12)19(4)16-11-14(9-10-18-16)13(2)17-3/h5-11,13,17H,1-4H3. The quantitative estimate of drug-likeness (QED) is 0.907. The molecule has 1 aromatic heterocycles. The molecule has 0 spiro atoms. The Morgan fingerprint density at radius 3 is 2.63 bits per heavy atom. The van der Waals surface area contributed by atoms with Crippen LogP contribution in [0.15, 0.2) is 42.6 Å². The van der Waals surface area contributed by atoms with Crippen LogP contribution in [0.5, 0.6) is 0 Å². The van der Waals surface area contributed by atoms with E-state index in [2.05, 4.69) is 72.5 Å². The van der Waals surface area contributed by atoms with Crippen LogP contribution in [0.1, 0.15) is 24.1 Å². The Balaban J connectivity index is 2.34. The number of nitrogens with one attached hydrogen (secondary N) is 1. The van der Waals surface area contributed by atoms with E-state index < -0.39 is 0 Å². The van der Waals surface area contributed by atoms with Crippen LogP contribution in [0, 0.1) is 6.92 Å². The molecule has 2 rings (SSSR count). The minimum atomic E-state index is 0.326. The fraction of sp³-hybridized carbons (Fsp3) is 0.312. The largest absolute Gasteiger partial charge is 0.329 e. The molecule has 0 aliphatic rings. The Bertz CT molecular complexity index is 551. The van der Waals surface area contributed by atoms with Crippen molar-refractivity contribution in [3.05, 3.63) is 53.7 Å². The van der Waals surface area contributed by atoms with E-state index in [4.69, 9.17) is 0 Å². The number of para-hydroxylation sites is 1. The molecular weight excluding hydrogens is 234 g/mol. The second-order valence-electron chi connectivity index (χ2n) is 4.80. The first-order valence-electron chi connectivity index (χ1n) is 6.56. The van der Waals surface area contributed by atoms with Crippen molar-refractivity contribution in [1.29, 1.82) is 0 Å². The van der Waals surface area contributed by atoms with Crippen molar-refractivity contribution < 1.29 is 0 Å². The van der Waals surface area contributed by atoms with E-state index >= 15 is 0 Å². The van der Waals surface area contributed by atoms with Gasteiger partial charge in [-0.25, -0.2) is 4.98 Å². The van der Waals surface area contributed by atoms with Gasteiger partial charge in [-0.2, -0.15) is 0 Å². The second-order valence-corrected chi connectivity index (χ2v) is 4.80. The summed E-state index contributed by atoms with van der Waals surface area (Å²) >= 11 is 0. The molecule has 1 atom stereocenters. The number of pyridine rings is 1. The first kappa shape index (κ1) is 13.6. The predicted molar refractivity (Wildman–Crippen MR) is 81.0 cm³/mol. The number of anilines is 2. The molecule has 0 saturated carbocycles. The summed E-state index contributed by atoms with van der Waals surface area (Å²) in [5.41, 5.74) is 3.68. The Labute approximate surface area is 115 Å². The van der Waals surface area contributed by atoms with Gasteiger partial charge in [0.05, 0.1) is 0 Å². The van der Waals surface area contributed by atoms with E-state index in [1.54, 1.807) is 0 Å². The van der Waals surface area contributed by atoms with E-state index in [1.165, 1.54) is 16.8 Å². The normalized spacial score (nSPS) is 12.2. The summed E-state index contributed by atoms with van der Waals surface area (Å²) in [6.45, 7) is 4.26. The maximum Gasteiger partial charge on any atom is 0.132 e. The zero-order valence-electron chi connectivity index (χ0n) is 12.0. The molecule has 0 fully saturated rings. The monoisotopic (exact) mass is 255 g/mol. The molecule has 1 unspecified atom stereocenters. The lowest BCUT2D eigenvalue weighted by atomic mass is 10.1. The van der Waals surface area contributed by atoms with Crippen molar-refractivity contribution in [2.75, 3.05) is 19.0 Å². The summed E-state index contributed by atoms with van der Waals surface area (Å²) in [6, 6.07) is 12.9. The minimum Gasteiger partial charge on any atom is -0.329 e. The summed E-state index contributed by atoms with van der Waals surface area (Å²) in [5.74, 6) is 0.967. The van der Waals surface area contributed by atoms with Crippen molar-refractivity contribution in [2.45, 2.75) is 19.9 Å². The molecule has 3 nitrogen and oxygen atoms in total. The lowest BCUT2D eigenvalue weighted by Gasteiger charge is -2.21. The summed E-state index contributed by atoms with van der Waals surface area (Å²) in [7, 11) is 4.02. The van der Waals surface area contributed by atoms with Crippen molar-refractivity contribution >= 4 is 11.5 Å². The number of rotatable bonds is 4. The highest BCUT2D eigenvalue weighted by Crippen LogP contribution is 2.26. The average Bonchev–Trinajstić information content (AvgIpc) is 2.46. The fourth-order valence-corrected chi connectivity index (χ4v) is 2.12. The van der Waals surface area contributed by atoms with Crippen LogP contribution in [0.25, 0.3) is 0 Å². The predicted octanol–water partition coefficient (Wildman–Crippen LogP) is 3.44. The third-order valence-electron chi connectivity index (χ3n) is 3.52. The number of benzene rings is 1. The highest BCUT2D eigenvalue weighted by molar-refractivity contribution is 5.63. The smallest absolute Gasteiger partial charge is 0.132 e. The van der Waals surface area contributed by atoms with Gasteiger partial charge in [0.15, 0.2) is 0 Å². The maximum absolute atomic E-state index is 4.47. The molecule has 2 aromatic rings. The average molecular weight is 255 g/mol. The molecule has 0 aliphatic carbocycles. The molecule has 100 valence electrons. The number of aryl methyl sites for hydroxylation is 1. The molecular formula is C16H21N3. The number of aromatic nitrogens is 1. The highest BCUT2D eigenvalue weighted by atomic mass is 15.2. The third kappa shape index (κ3) is 2.93. The topological polar surface area (TPSA) is 28.2 Å². The van der Waals surface area contributed by atoms with Gasteiger partial charge >= 0.3 is 0 Å². The van der Waals surface area contributed by atoms with Crippen LogP contribution >= 0.6 is 0 Å². The lowest BCUT2D eigenvalue weighted by Crippen LogP contribution is -2.15. The fourth-order valence-electron chi connectivity index (χ4n) is 2.12. The molecule has 1 heterocycles. The molecule has 0 aliphatic heterocycles. The van der Waals surface area contributed by atoms with Crippen LogP contribution in [-0.2, 0) is 0 Å². The summed E-state index contributed by atoms with van der Waals surface area (Å²) in [4.78, 5) is 6.60. The van der Waals surface area contributed by atoms with Gasteiger partial charge in [-0.1, -0.05) is 18.2 Å². The molecule has 1 aromatic carbocycles. The first-order chi connectivity index (χ1) is 9.13. The van der Waals surface area contributed by atoms with Crippen LogP contribution in [0.4, 0.5) is 11.5 Å². The van der Waals surface area contributed by atoms with Gasteiger partial charge in [-0.15, -0.1) is 0 Å². The maximum atomic E-state index is 4.47. The summed E-state index contributed by atoms with van der Waals surface area (Å²) < 4.78 is 0. The van der Waals surface area contributed by atoms with Gasteiger partial charge in [0.2, 0.25) is 0 Å². The third-order valence-corrected chi connectivity index (χ3v) is 3.52. The molecule has 0 bridgehead atoms. The zero-order valence-corrected chi connectivity index (χ0v) is 12.0. The Hall–Kier alpha value is -1.87. The number of hydrogen-bond acceptors (Lipinski definition) is 3. The molecule has 3 heteroatoms. The van der Waals surface area contributed by atoms with E-state index in [0.29, 0.717) is 6.04 Å². The highest BCUT2D eigenvalue weighted by Gasteiger charge is 2.10. The minimum absolute atomic E-state index is 0.326.